The monoisotopic (exact) mass is 420 g/mol. The highest BCUT2D eigenvalue weighted by molar-refractivity contribution is 7.89. The number of nitrogens with zero attached hydrogens (tertiary/aromatic N) is 3. The molecule has 1 fully saturated rings. The topological polar surface area (TPSA) is 65.5 Å². The SMILES string of the molecule is CN1CCN(S(=O)(=O)c2ccccc2CNc2ncc(C(F)(F)F)s2)CC1. The Morgan fingerprint density at radius 3 is 2.48 bits per heavy atom. The summed E-state index contributed by atoms with van der Waals surface area (Å²) in [5, 5.41) is 2.88. The normalized spacial score (nSPS) is 17.2. The van der Waals surface area contributed by atoms with Crippen molar-refractivity contribution in [3.8, 4) is 0 Å². The van der Waals surface area contributed by atoms with E-state index in [0.717, 1.165) is 6.20 Å². The molecular formula is C16H19F3N4O2S2. The highest BCUT2D eigenvalue weighted by atomic mass is 32.2. The third-order valence-electron chi connectivity index (χ3n) is 4.27. The Hall–Kier alpha value is -1.69. The molecule has 6 nitrogen and oxygen atoms in total. The number of hydrogen-bond acceptors (Lipinski definition) is 6. The molecule has 0 atom stereocenters. The van der Waals surface area contributed by atoms with E-state index in [4.69, 9.17) is 0 Å². The van der Waals surface area contributed by atoms with Crippen molar-refractivity contribution in [1.29, 1.82) is 0 Å². The van der Waals surface area contributed by atoms with Crippen molar-refractivity contribution in [3.05, 3.63) is 40.9 Å². The molecule has 27 heavy (non-hydrogen) atoms. The zero-order valence-corrected chi connectivity index (χ0v) is 16.2. The second-order valence-corrected chi connectivity index (χ2v) is 9.13. The van der Waals surface area contributed by atoms with Gasteiger partial charge in [0.05, 0.1) is 11.1 Å². The van der Waals surface area contributed by atoms with Gasteiger partial charge in [-0.2, -0.15) is 17.5 Å². The van der Waals surface area contributed by atoms with Crippen LogP contribution in [0.4, 0.5) is 18.3 Å². The zero-order chi connectivity index (χ0) is 19.7. The Morgan fingerprint density at radius 2 is 1.85 bits per heavy atom. The molecule has 1 aliphatic rings. The molecular weight excluding hydrogens is 401 g/mol. The zero-order valence-electron chi connectivity index (χ0n) is 14.5. The summed E-state index contributed by atoms with van der Waals surface area (Å²) in [4.78, 5) is 5.12. The van der Waals surface area contributed by atoms with Crippen LogP contribution in [0, 0.1) is 0 Å². The molecule has 0 aliphatic carbocycles. The summed E-state index contributed by atoms with van der Waals surface area (Å²) in [7, 11) is -1.73. The number of hydrogen-bond donors (Lipinski definition) is 1. The Morgan fingerprint density at radius 1 is 1.19 bits per heavy atom. The summed E-state index contributed by atoms with van der Waals surface area (Å²) in [6, 6.07) is 6.50. The van der Waals surface area contributed by atoms with Gasteiger partial charge < -0.3 is 10.2 Å². The summed E-state index contributed by atoms with van der Waals surface area (Å²) >= 11 is 0.488. The maximum Gasteiger partial charge on any atom is 0.427 e. The van der Waals surface area contributed by atoms with Crippen LogP contribution in [0.3, 0.4) is 0 Å². The first kappa shape index (κ1) is 20.1. The summed E-state index contributed by atoms with van der Waals surface area (Å²) in [5.41, 5.74) is 0.486. The highest BCUT2D eigenvalue weighted by Gasteiger charge is 2.33. The molecule has 1 N–H and O–H groups in total. The molecule has 2 aromatic rings. The van der Waals surface area contributed by atoms with E-state index in [2.05, 4.69) is 15.2 Å². The van der Waals surface area contributed by atoms with Crippen LogP contribution in [-0.4, -0.2) is 55.8 Å². The average Bonchev–Trinajstić information content (AvgIpc) is 3.10. The minimum Gasteiger partial charge on any atom is -0.357 e. The van der Waals surface area contributed by atoms with Crippen LogP contribution in [0.1, 0.15) is 10.4 Å². The van der Waals surface area contributed by atoms with E-state index in [0.29, 0.717) is 43.1 Å². The number of alkyl halides is 3. The Kier molecular flexibility index (Phi) is 5.75. The third kappa shape index (κ3) is 4.60. The Labute approximate surface area is 159 Å². The van der Waals surface area contributed by atoms with Crippen LogP contribution >= 0.6 is 11.3 Å². The summed E-state index contributed by atoms with van der Waals surface area (Å²) in [5.74, 6) is 0. The van der Waals surface area contributed by atoms with Gasteiger partial charge in [-0.25, -0.2) is 13.4 Å². The van der Waals surface area contributed by atoms with E-state index >= 15 is 0 Å². The van der Waals surface area contributed by atoms with Crippen molar-refractivity contribution >= 4 is 26.5 Å². The molecule has 0 amide bonds. The molecule has 2 heterocycles. The molecule has 1 aromatic carbocycles. The lowest BCUT2D eigenvalue weighted by molar-refractivity contribution is -0.134. The molecule has 1 aromatic heterocycles. The van der Waals surface area contributed by atoms with E-state index in [1.807, 2.05) is 7.05 Å². The number of sulfonamides is 1. The van der Waals surface area contributed by atoms with Gasteiger partial charge in [-0.3, -0.25) is 0 Å². The minimum absolute atomic E-state index is 0.0634. The van der Waals surface area contributed by atoms with Crippen LogP contribution in [0.15, 0.2) is 35.4 Å². The maximum atomic E-state index is 13.0. The van der Waals surface area contributed by atoms with Crippen molar-refractivity contribution in [1.82, 2.24) is 14.2 Å². The number of thiazole rings is 1. The number of benzene rings is 1. The highest BCUT2D eigenvalue weighted by Crippen LogP contribution is 2.35. The van der Waals surface area contributed by atoms with E-state index < -0.39 is 21.1 Å². The Bertz CT molecular complexity index is 891. The molecule has 0 spiro atoms. The molecule has 0 unspecified atom stereocenters. The quantitative estimate of drug-likeness (QED) is 0.806. The van der Waals surface area contributed by atoms with E-state index in [-0.39, 0.29) is 16.6 Å². The van der Waals surface area contributed by atoms with Gasteiger partial charge in [0.1, 0.15) is 4.88 Å². The van der Waals surface area contributed by atoms with Crippen molar-refractivity contribution in [2.75, 3.05) is 38.5 Å². The second kappa shape index (κ2) is 7.74. The Balaban J connectivity index is 1.77. The lowest BCUT2D eigenvalue weighted by atomic mass is 10.2. The number of aromatic nitrogens is 1. The van der Waals surface area contributed by atoms with Crippen LogP contribution in [0.25, 0.3) is 0 Å². The van der Waals surface area contributed by atoms with Crippen LogP contribution in [0.5, 0.6) is 0 Å². The van der Waals surface area contributed by atoms with Gasteiger partial charge in [-0.1, -0.05) is 29.5 Å². The summed E-state index contributed by atoms with van der Waals surface area (Å²) < 4.78 is 65.4. The number of likely N-dealkylation sites (N-methyl/N-ethyl adjacent to an activating group) is 1. The van der Waals surface area contributed by atoms with Crippen LogP contribution in [0.2, 0.25) is 0 Å². The molecule has 148 valence electrons. The number of rotatable bonds is 5. The van der Waals surface area contributed by atoms with E-state index in [9.17, 15) is 21.6 Å². The van der Waals surface area contributed by atoms with Gasteiger partial charge in [0, 0.05) is 32.7 Å². The first-order chi connectivity index (χ1) is 12.7. The first-order valence-electron chi connectivity index (χ1n) is 8.21. The third-order valence-corrected chi connectivity index (χ3v) is 7.27. The molecule has 11 heteroatoms. The molecule has 0 saturated carbocycles. The first-order valence-corrected chi connectivity index (χ1v) is 10.5. The number of nitrogens with one attached hydrogen (secondary N) is 1. The fraction of sp³-hybridized carbons (Fsp3) is 0.438. The minimum atomic E-state index is -4.44. The van der Waals surface area contributed by atoms with Gasteiger partial charge in [0.25, 0.3) is 0 Å². The molecule has 0 radical (unpaired) electrons. The van der Waals surface area contributed by atoms with Gasteiger partial charge >= 0.3 is 6.18 Å². The smallest absolute Gasteiger partial charge is 0.357 e. The van der Waals surface area contributed by atoms with E-state index in [1.165, 1.54) is 10.4 Å². The molecule has 3 rings (SSSR count). The maximum absolute atomic E-state index is 13.0. The lowest BCUT2D eigenvalue weighted by Gasteiger charge is -2.32. The molecule has 0 bridgehead atoms. The molecule has 1 aliphatic heterocycles. The number of anilines is 1. The standard InChI is InChI=1S/C16H19F3N4O2S2/c1-22-6-8-23(9-7-22)27(24,25)13-5-3-2-4-12(13)10-20-15-21-11-14(26-15)16(17,18)19/h2-5,11H,6-10H2,1H3,(H,20,21). The predicted molar refractivity (Wildman–Crippen MR) is 97.1 cm³/mol. The van der Waals surface area contributed by atoms with E-state index in [1.54, 1.807) is 18.2 Å². The van der Waals surface area contributed by atoms with Crippen molar-refractivity contribution in [2.45, 2.75) is 17.6 Å². The van der Waals surface area contributed by atoms with Gasteiger partial charge in [0.15, 0.2) is 5.13 Å². The van der Waals surface area contributed by atoms with Gasteiger partial charge in [-0.05, 0) is 18.7 Å². The summed E-state index contributed by atoms with van der Waals surface area (Å²) in [6.45, 7) is 2.18. The van der Waals surface area contributed by atoms with Gasteiger partial charge in [-0.15, -0.1) is 0 Å². The van der Waals surface area contributed by atoms with Crippen LogP contribution in [-0.2, 0) is 22.7 Å². The van der Waals surface area contributed by atoms with Crippen molar-refractivity contribution < 1.29 is 21.6 Å². The lowest BCUT2D eigenvalue weighted by Crippen LogP contribution is -2.47. The fourth-order valence-corrected chi connectivity index (χ4v) is 5.05. The molecule has 1 saturated heterocycles. The van der Waals surface area contributed by atoms with Crippen molar-refractivity contribution in [2.24, 2.45) is 0 Å². The number of piperazine rings is 1. The summed E-state index contributed by atoms with van der Waals surface area (Å²) in [6.07, 6.45) is -3.68. The largest absolute Gasteiger partial charge is 0.427 e. The fourth-order valence-electron chi connectivity index (χ4n) is 2.73. The van der Waals surface area contributed by atoms with Crippen molar-refractivity contribution in [3.63, 3.8) is 0 Å². The predicted octanol–water partition coefficient (Wildman–Crippen LogP) is 2.71. The second-order valence-electron chi connectivity index (χ2n) is 6.20. The number of halogens is 3. The van der Waals surface area contributed by atoms with Gasteiger partial charge in [0.2, 0.25) is 10.0 Å². The van der Waals surface area contributed by atoms with Crippen LogP contribution < -0.4 is 5.32 Å². The average molecular weight is 420 g/mol.